The highest BCUT2D eigenvalue weighted by molar-refractivity contribution is 5.99. The molecule has 0 unspecified atom stereocenters. The summed E-state index contributed by atoms with van der Waals surface area (Å²) in [6, 6.07) is 16.6. The summed E-state index contributed by atoms with van der Waals surface area (Å²) in [6.45, 7) is 3.01. The van der Waals surface area contributed by atoms with E-state index in [0.29, 0.717) is 43.8 Å². The molecule has 0 spiro atoms. The SMILES string of the molecule is Cc1cc(C(=O)N[C@@H]2CCCNC2=O)ccc1-c1ccc(C[C@H](NC(=O)[C@H]2CC[C@H](CN)CC2)C(=O)Nc2ccc(-c3nnc(C(F)(F)C(F)(F)C(=O)O)[nH]3)cc2)cc1.Cl. The highest BCUT2D eigenvalue weighted by Crippen LogP contribution is 2.42. The second-order valence-corrected chi connectivity index (χ2v) is 14.9. The number of H-pyrrole nitrogens is 1. The summed E-state index contributed by atoms with van der Waals surface area (Å²) < 4.78 is 55.9. The van der Waals surface area contributed by atoms with Gasteiger partial charge in [-0.1, -0.05) is 30.3 Å². The number of aromatic nitrogens is 3. The van der Waals surface area contributed by atoms with Gasteiger partial charge in [0.25, 0.3) is 5.91 Å². The number of piperidine rings is 1. The Morgan fingerprint density at radius 2 is 1.58 bits per heavy atom. The van der Waals surface area contributed by atoms with E-state index in [4.69, 9.17) is 10.8 Å². The number of aryl methyl sites for hydroxylation is 1. The van der Waals surface area contributed by atoms with E-state index in [0.717, 1.165) is 41.5 Å². The van der Waals surface area contributed by atoms with Crippen molar-refractivity contribution in [3.8, 4) is 22.5 Å². The van der Waals surface area contributed by atoms with Crippen LogP contribution in [-0.2, 0) is 31.5 Å². The van der Waals surface area contributed by atoms with Gasteiger partial charge in [-0.3, -0.25) is 19.2 Å². The van der Waals surface area contributed by atoms with E-state index in [1.54, 1.807) is 12.1 Å². The molecule has 320 valence electrons. The molecule has 1 saturated carbocycles. The lowest BCUT2D eigenvalue weighted by Crippen LogP contribution is -2.50. The van der Waals surface area contributed by atoms with Crippen molar-refractivity contribution in [2.24, 2.45) is 17.6 Å². The summed E-state index contributed by atoms with van der Waals surface area (Å²) in [5.41, 5.74) is 9.93. The number of rotatable bonds is 14. The van der Waals surface area contributed by atoms with E-state index in [2.05, 4.69) is 31.5 Å². The van der Waals surface area contributed by atoms with Crippen LogP contribution in [-0.4, -0.2) is 81.0 Å². The molecule has 2 fully saturated rings. The molecule has 4 amide bonds. The zero-order valence-corrected chi connectivity index (χ0v) is 33.2. The van der Waals surface area contributed by atoms with Crippen LogP contribution in [0.25, 0.3) is 22.5 Å². The lowest BCUT2D eigenvalue weighted by Gasteiger charge is -2.28. The lowest BCUT2D eigenvalue weighted by atomic mass is 9.81. The Morgan fingerprint density at radius 3 is 2.20 bits per heavy atom. The molecule has 1 saturated heterocycles. The average molecular weight is 857 g/mol. The van der Waals surface area contributed by atoms with Gasteiger partial charge >= 0.3 is 17.8 Å². The second kappa shape index (κ2) is 19.0. The zero-order valence-electron chi connectivity index (χ0n) is 32.4. The summed E-state index contributed by atoms with van der Waals surface area (Å²) in [7, 11) is 0. The Bertz CT molecular complexity index is 2200. The predicted molar refractivity (Wildman–Crippen MR) is 214 cm³/mol. The van der Waals surface area contributed by atoms with Crippen molar-refractivity contribution in [3.63, 3.8) is 0 Å². The van der Waals surface area contributed by atoms with E-state index in [-0.39, 0.29) is 59.5 Å². The van der Waals surface area contributed by atoms with Gasteiger partial charge in [0.15, 0.2) is 5.82 Å². The van der Waals surface area contributed by atoms with Gasteiger partial charge in [0.2, 0.25) is 23.5 Å². The number of benzene rings is 3. The molecule has 8 N–H and O–H groups in total. The van der Waals surface area contributed by atoms with Gasteiger partial charge in [0.1, 0.15) is 12.1 Å². The number of hydrogen-bond acceptors (Lipinski definition) is 8. The molecule has 1 aromatic heterocycles. The minimum absolute atomic E-state index is 0. The number of nitrogens with two attached hydrogens (primary N) is 1. The zero-order chi connectivity index (χ0) is 42.5. The number of nitrogens with one attached hydrogen (secondary N) is 5. The fourth-order valence-corrected chi connectivity index (χ4v) is 7.25. The summed E-state index contributed by atoms with van der Waals surface area (Å²) in [5, 5.41) is 26.3. The lowest BCUT2D eigenvalue weighted by molar-refractivity contribution is -0.231. The van der Waals surface area contributed by atoms with Gasteiger partial charge in [-0.2, -0.15) is 17.6 Å². The first-order valence-corrected chi connectivity index (χ1v) is 19.2. The van der Waals surface area contributed by atoms with Gasteiger partial charge in [0, 0.05) is 35.7 Å². The van der Waals surface area contributed by atoms with Crippen LogP contribution in [0.4, 0.5) is 23.2 Å². The Morgan fingerprint density at radius 1 is 0.917 bits per heavy atom. The number of aliphatic carboxylic acids is 1. The average Bonchev–Trinajstić information content (AvgIpc) is 3.73. The molecule has 2 heterocycles. The summed E-state index contributed by atoms with van der Waals surface area (Å²) in [4.78, 5) is 65.0. The number of aromatic amines is 1. The van der Waals surface area contributed by atoms with E-state index in [1.165, 1.54) is 24.3 Å². The van der Waals surface area contributed by atoms with Gasteiger partial charge < -0.3 is 37.1 Å². The van der Waals surface area contributed by atoms with Crippen LogP contribution in [0.3, 0.4) is 0 Å². The number of carbonyl (C=O) groups excluding carboxylic acids is 4. The second-order valence-electron chi connectivity index (χ2n) is 14.9. The number of halogens is 5. The van der Waals surface area contributed by atoms with Crippen molar-refractivity contribution in [2.75, 3.05) is 18.4 Å². The summed E-state index contributed by atoms with van der Waals surface area (Å²) in [5.74, 6) is -16.9. The van der Waals surface area contributed by atoms with Crippen molar-refractivity contribution in [1.82, 2.24) is 31.1 Å². The molecule has 60 heavy (non-hydrogen) atoms. The summed E-state index contributed by atoms with van der Waals surface area (Å²) >= 11 is 0. The molecule has 0 radical (unpaired) electrons. The first kappa shape index (κ1) is 45.2. The smallest absolute Gasteiger partial charge is 0.411 e. The van der Waals surface area contributed by atoms with Crippen molar-refractivity contribution < 1.29 is 46.6 Å². The monoisotopic (exact) mass is 856 g/mol. The standard InChI is InChI=1S/C41H44F4N8O6.ClH/c1-22-19-28(35(55)49-31-3-2-18-47-36(31)56)14-17-30(22)25-8-4-23(5-9-25)20-32(50-34(54)27-10-6-24(21-46)7-11-27)37(57)48-29-15-12-26(13-16-29)33-51-38(53-52-33)40(42,43)41(44,45)39(58)59;/h4-5,8-9,12-17,19,24,27,31-32H,2-3,6-7,10-11,18,20-21,46H2,1H3,(H,47,56)(H,48,57)(H,49,55)(H,50,54)(H,58,59)(H,51,52,53);1H/t24-,27-,31-,32+;/m1./s1. The van der Waals surface area contributed by atoms with Crippen LogP contribution < -0.4 is 27.0 Å². The van der Waals surface area contributed by atoms with Gasteiger partial charge in [-0.15, -0.1) is 22.6 Å². The third-order valence-electron chi connectivity index (χ3n) is 10.8. The molecule has 3 aromatic carbocycles. The molecule has 4 aromatic rings. The normalized spacial score (nSPS) is 18.6. The van der Waals surface area contributed by atoms with E-state index in [1.807, 2.05) is 42.2 Å². The van der Waals surface area contributed by atoms with Crippen molar-refractivity contribution in [1.29, 1.82) is 0 Å². The maximum absolute atomic E-state index is 14.2. The molecule has 0 bridgehead atoms. The highest BCUT2D eigenvalue weighted by Gasteiger charge is 2.65. The third kappa shape index (κ3) is 10.1. The molecule has 1 aliphatic heterocycles. The van der Waals surface area contributed by atoms with Crippen LogP contribution in [0.2, 0.25) is 0 Å². The Labute approximate surface area is 348 Å². The van der Waals surface area contributed by atoms with Crippen LogP contribution in [0.5, 0.6) is 0 Å². The number of amides is 4. The van der Waals surface area contributed by atoms with Crippen molar-refractivity contribution >= 4 is 47.7 Å². The molecule has 19 heteroatoms. The minimum atomic E-state index is -5.45. The van der Waals surface area contributed by atoms with Crippen LogP contribution in [0.15, 0.2) is 66.7 Å². The molecule has 1 aliphatic carbocycles. The Hall–Kier alpha value is -5.88. The van der Waals surface area contributed by atoms with E-state index < -0.39 is 41.6 Å². The fraction of sp³-hybridized carbons (Fsp3) is 0.390. The Balaban J connectivity index is 0.00000683. The molecular weight excluding hydrogens is 812 g/mol. The van der Waals surface area contributed by atoms with Gasteiger partial charge in [-0.25, -0.2) is 4.79 Å². The summed E-state index contributed by atoms with van der Waals surface area (Å²) in [6.07, 6.45) is 4.35. The number of carboxylic acid groups (broad SMARTS) is 1. The quantitative estimate of drug-likeness (QED) is 0.0836. The van der Waals surface area contributed by atoms with E-state index in [9.17, 15) is 41.5 Å². The van der Waals surface area contributed by atoms with Crippen LogP contribution in [0.1, 0.15) is 65.8 Å². The van der Waals surface area contributed by atoms with Crippen LogP contribution >= 0.6 is 12.4 Å². The number of carbonyl (C=O) groups is 5. The first-order chi connectivity index (χ1) is 28.1. The Kier molecular flexibility index (Phi) is 14.3. The topological polar surface area (TPSA) is 221 Å². The molecule has 2 aliphatic rings. The fourth-order valence-electron chi connectivity index (χ4n) is 7.25. The number of hydrogen-bond donors (Lipinski definition) is 7. The van der Waals surface area contributed by atoms with Crippen molar-refractivity contribution in [3.05, 3.63) is 89.2 Å². The molecular formula is C41H45ClF4N8O6. The number of anilines is 1. The van der Waals surface area contributed by atoms with Gasteiger partial charge in [-0.05, 0) is 117 Å². The number of carboxylic acids is 1. The van der Waals surface area contributed by atoms with E-state index >= 15 is 0 Å². The van der Waals surface area contributed by atoms with Crippen molar-refractivity contribution in [2.45, 2.75) is 75.8 Å². The third-order valence-corrected chi connectivity index (χ3v) is 10.8. The first-order valence-electron chi connectivity index (χ1n) is 19.2. The molecule has 6 rings (SSSR count). The van der Waals surface area contributed by atoms with Gasteiger partial charge in [0.05, 0.1) is 0 Å². The number of nitrogens with zero attached hydrogens (tertiary/aromatic N) is 2. The molecule has 2 atom stereocenters. The maximum atomic E-state index is 14.2. The maximum Gasteiger partial charge on any atom is 0.411 e. The predicted octanol–water partition coefficient (Wildman–Crippen LogP) is 5.12. The highest BCUT2D eigenvalue weighted by atomic mass is 35.5. The largest absolute Gasteiger partial charge is 0.477 e. The molecule has 14 nitrogen and oxygen atoms in total. The minimum Gasteiger partial charge on any atom is -0.477 e. The number of alkyl halides is 4. The van der Waals surface area contributed by atoms with Crippen LogP contribution in [0, 0.1) is 18.8 Å².